The van der Waals surface area contributed by atoms with Crippen molar-refractivity contribution in [2.24, 2.45) is 5.92 Å². The molecule has 0 amide bonds. The molecule has 0 aromatic heterocycles. The second-order valence-electron chi connectivity index (χ2n) is 4.50. The van der Waals surface area contributed by atoms with Gasteiger partial charge in [-0.05, 0) is 25.7 Å². The Hall–Kier alpha value is -0.0800. The summed E-state index contributed by atoms with van der Waals surface area (Å²) in [5.74, 6) is 0.301. The lowest BCUT2D eigenvalue weighted by molar-refractivity contribution is -0.0823. The highest BCUT2D eigenvalue weighted by Crippen LogP contribution is 2.23. The van der Waals surface area contributed by atoms with E-state index in [-0.39, 0.29) is 12.2 Å². The lowest BCUT2D eigenvalue weighted by Gasteiger charge is -2.26. The molecule has 0 aromatic carbocycles. The number of ether oxygens (including phenoxy) is 1. The maximum atomic E-state index is 9.87. The minimum Gasteiger partial charge on any atom is -0.390 e. The molecule has 1 N–H and O–H groups in total. The van der Waals surface area contributed by atoms with Crippen LogP contribution in [-0.2, 0) is 4.74 Å². The van der Waals surface area contributed by atoms with Crippen LogP contribution in [0.3, 0.4) is 0 Å². The maximum absolute atomic E-state index is 9.87. The van der Waals surface area contributed by atoms with Gasteiger partial charge in [-0.25, -0.2) is 0 Å². The molecule has 13 heavy (non-hydrogen) atoms. The van der Waals surface area contributed by atoms with Crippen molar-refractivity contribution in [1.29, 1.82) is 0 Å². The Morgan fingerprint density at radius 1 is 1.23 bits per heavy atom. The van der Waals surface area contributed by atoms with Crippen LogP contribution in [0, 0.1) is 5.92 Å². The Morgan fingerprint density at radius 3 is 2.46 bits per heavy atom. The molecule has 1 aliphatic heterocycles. The van der Waals surface area contributed by atoms with Gasteiger partial charge in [0.1, 0.15) is 0 Å². The summed E-state index contributed by atoms with van der Waals surface area (Å²) in [6.45, 7) is 6.19. The fourth-order valence-corrected chi connectivity index (χ4v) is 1.89. The number of rotatable bonds is 2. The second kappa shape index (κ2) is 4.97. The van der Waals surface area contributed by atoms with Crippen molar-refractivity contribution in [1.82, 2.24) is 0 Å². The second-order valence-corrected chi connectivity index (χ2v) is 4.50. The summed E-state index contributed by atoms with van der Waals surface area (Å²) in [4.78, 5) is 0. The molecule has 0 bridgehead atoms. The molecule has 1 heterocycles. The van der Waals surface area contributed by atoms with Crippen LogP contribution < -0.4 is 0 Å². The van der Waals surface area contributed by atoms with E-state index in [4.69, 9.17) is 4.74 Å². The van der Waals surface area contributed by atoms with E-state index in [1.54, 1.807) is 0 Å². The summed E-state index contributed by atoms with van der Waals surface area (Å²) < 4.78 is 5.78. The number of aliphatic hydroxyl groups is 1. The Balaban J connectivity index is 2.47. The van der Waals surface area contributed by atoms with Crippen molar-refractivity contribution >= 4 is 0 Å². The molecule has 0 radical (unpaired) electrons. The standard InChI is InChI=1S/C11H22O2/c1-8(2)11(12)10-7-5-4-6-9(3)13-10/h8-12H,4-7H2,1-3H3/t9-,10-,11+/m0/s1. The van der Waals surface area contributed by atoms with E-state index in [0.717, 1.165) is 12.8 Å². The van der Waals surface area contributed by atoms with E-state index in [9.17, 15) is 5.11 Å². The van der Waals surface area contributed by atoms with Gasteiger partial charge in [0.2, 0.25) is 0 Å². The quantitative estimate of drug-likeness (QED) is 0.717. The highest BCUT2D eigenvalue weighted by molar-refractivity contribution is 4.75. The van der Waals surface area contributed by atoms with E-state index in [0.29, 0.717) is 12.0 Å². The smallest absolute Gasteiger partial charge is 0.0840 e. The van der Waals surface area contributed by atoms with Gasteiger partial charge in [0.15, 0.2) is 0 Å². The molecule has 0 spiro atoms. The highest BCUT2D eigenvalue weighted by atomic mass is 16.5. The van der Waals surface area contributed by atoms with Crippen molar-refractivity contribution in [3.8, 4) is 0 Å². The first kappa shape index (κ1) is 11.0. The van der Waals surface area contributed by atoms with E-state index in [1.165, 1.54) is 12.8 Å². The highest BCUT2D eigenvalue weighted by Gasteiger charge is 2.26. The van der Waals surface area contributed by atoms with E-state index < -0.39 is 0 Å². The van der Waals surface area contributed by atoms with E-state index >= 15 is 0 Å². The molecule has 0 saturated carbocycles. The Bertz CT molecular complexity index is 145. The number of aliphatic hydroxyl groups excluding tert-OH is 1. The Morgan fingerprint density at radius 2 is 1.85 bits per heavy atom. The van der Waals surface area contributed by atoms with Gasteiger partial charge in [-0.2, -0.15) is 0 Å². The average molecular weight is 186 g/mol. The van der Waals surface area contributed by atoms with Crippen LogP contribution in [0.25, 0.3) is 0 Å². The number of hydrogen-bond donors (Lipinski definition) is 1. The van der Waals surface area contributed by atoms with Gasteiger partial charge in [0, 0.05) is 0 Å². The van der Waals surface area contributed by atoms with E-state index in [2.05, 4.69) is 6.92 Å². The summed E-state index contributed by atoms with van der Waals surface area (Å²) >= 11 is 0. The summed E-state index contributed by atoms with van der Waals surface area (Å²) in [5, 5.41) is 9.87. The van der Waals surface area contributed by atoms with Gasteiger partial charge in [0.25, 0.3) is 0 Å². The zero-order valence-electron chi connectivity index (χ0n) is 8.99. The van der Waals surface area contributed by atoms with E-state index in [1.807, 2.05) is 13.8 Å². The van der Waals surface area contributed by atoms with Crippen molar-refractivity contribution < 1.29 is 9.84 Å². The third-order valence-electron chi connectivity index (χ3n) is 2.82. The van der Waals surface area contributed by atoms with Crippen LogP contribution >= 0.6 is 0 Å². The topological polar surface area (TPSA) is 29.5 Å². The monoisotopic (exact) mass is 186 g/mol. The molecular weight excluding hydrogens is 164 g/mol. The summed E-state index contributed by atoms with van der Waals surface area (Å²) in [5.41, 5.74) is 0. The van der Waals surface area contributed by atoms with Crippen LogP contribution in [0.15, 0.2) is 0 Å². The normalized spacial score (nSPS) is 33.0. The van der Waals surface area contributed by atoms with Gasteiger partial charge in [-0.1, -0.05) is 26.7 Å². The minimum absolute atomic E-state index is 0.0671. The first-order valence-electron chi connectivity index (χ1n) is 5.44. The summed E-state index contributed by atoms with van der Waals surface area (Å²) in [7, 11) is 0. The van der Waals surface area contributed by atoms with Crippen LogP contribution in [0.1, 0.15) is 46.5 Å². The average Bonchev–Trinajstić information content (AvgIpc) is 2.28. The maximum Gasteiger partial charge on any atom is 0.0840 e. The predicted molar refractivity (Wildman–Crippen MR) is 53.6 cm³/mol. The Kier molecular flexibility index (Phi) is 4.20. The molecule has 78 valence electrons. The molecule has 1 saturated heterocycles. The van der Waals surface area contributed by atoms with Crippen LogP contribution in [0.4, 0.5) is 0 Å². The fourth-order valence-electron chi connectivity index (χ4n) is 1.89. The van der Waals surface area contributed by atoms with Gasteiger partial charge in [-0.3, -0.25) is 0 Å². The molecule has 2 nitrogen and oxygen atoms in total. The zero-order valence-corrected chi connectivity index (χ0v) is 8.99. The van der Waals surface area contributed by atoms with Crippen molar-refractivity contribution in [3.63, 3.8) is 0 Å². The molecule has 0 unspecified atom stereocenters. The first-order valence-corrected chi connectivity index (χ1v) is 5.44. The largest absolute Gasteiger partial charge is 0.390 e. The molecule has 0 aliphatic carbocycles. The summed E-state index contributed by atoms with van der Waals surface area (Å²) in [6.07, 6.45) is 4.69. The van der Waals surface area contributed by atoms with Crippen LogP contribution in [0.2, 0.25) is 0 Å². The first-order chi connectivity index (χ1) is 6.11. The lowest BCUT2D eigenvalue weighted by atomic mass is 9.98. The number of hydrogen-bond acceptors (Lipinski definition) is 2. The molecular formula is C11H22O2. The predicted octanol–water partition coefficient (Wildman–Crippen LogP) is 2.35. The fraction of sp³-hybridized carbons (Fsp3) is 1.00. The SMILES string of the molecule is CC(C)[C@@H](O)[C@@H]1CCCC[C@H](C)O1. The molecule has 0 aromatic rings. The summed E-state index contributed by atoms with van der Waals surface area (Å²) in [6, 6.07) is 0. The van der Waals surface area contributed by atoms with Gasteiger partial charge < -0.3 is 9.84 Å². The lowest BCUT2D eigenvalue weighted by Crippen LogP contribution is -2.34. The Labute approximate surface area is 81.3 Å². The molecule has 2 heteroatoms. The molecule has 3 atom stereocenters. The third-order valence-corrected chi connectivity index (χ3v) is 2.82. The van der Waals surface area contributed by atoms with Gasteiger partial charge in [0.05, 0.1) is 18.3 Å². The molecule has 1 aliphatic rings. The van der Waals surface area contributed by atoms with Gasteiger partial charge >= 0.3 is 0 Å². The van der Waals surface area contributed by atoms with Crippen molar-refractivity contribution in [2.75, 3.05) is 0 Å². The molecule has 1 fully saturated rings. The van der Waals surface area contributed by atoms with Crippen LogP contribution in [-0.4, -0.2) is 23.4 Å². The third kappa shape index (κ3) is 3.28. The van der Waals surface area contributed by atoms with Crippen molar-refractivity contribution in [3.05, 3.63) is 0 Å². The van der Waals surface area contributed by atoms with Crippen LogP contribution in [0.5, 0.6) is 0 Å². The van der Waals surface area contributed by atoms with Crippen molar-refractivity contribution in [2.45, 2.75) is 64.8 Å². The van der Waals surface area contributed by atoms with Gasteiger partial charge in [-0.15, -0.1) is 0 Å². The molecule has 1 rings (SSSR count). The minimum atomic E-state index is -0.291. The zero-order chi connectivity index (χ0) is 9.84.